The van der Waals surface area contributed by atoms with Crippen LogP contribution in [0.15, 0.2) is 42.6 Å². The molecule has 0 saturated heterocycles. The van der Waals surface area contributed by atoms with Gasteiger partial charge in [0.25, 0.3) is 0 Å². The van der Waals surface area contributed by atoms with Gasteiger partial charge < -0.3 is 4.98 Å². The quantitative estimate of drug-likeness (QED) is 0.713. The third-order valence-corrected chi connectivity index (χ3v) is 2.17. The van der Waals surface area contributed by atoms with E-state index in [1.807, 2.05) is 12.3 Å². The average molecular weight is 170 g/mol. The van der Waals surface area contributed by atoms with E-state index < -0.39 is 0 Å². The van der Waals surface area contributed by atoms with E-state index in [9.17, 15) is 0 Å². The minimum atomic E-state index is 0.961. The Balaban J connectivity index is 2.20. The summed E-state index contributed by atoms with van der Waals surface area (Å²) in [4.78, 5) is 3.08. The molecule has 0 saturated carbocycles. The Hall–Kier alpha value is -1.50. The van der Waals surface area contributed by atoms with Crippen molar-refractivity contribution >= 4 is 0 Å². The van der Waals surface area contributed by atoms with Crippen molar-refractivity contribution < 1.29 is 0 Å². The van der Waals surface area contributed by atoms with Crippen molar-refractivity contribution in [2.75, 3.05) is 0 Å². The van der Waals surface area contributed by atoms with Crippen LogP contribution in [0, 0.1) is 6.92 Å². The second kappa shape index (κ2) is 3.48. The highest BCUT2D eigenvalue weighted by atomic mass is 14.7. The largest absolute Gasteiger partial charge is 0.365 e. The molecule has 1 aromatic heterocycles. The fourth-order valence-electron chi connectivity index (χ4n) is 1.42. The van der Waals surface area contributed by atoms with Gasteiger partial charge in [-0.25, -0.2) is 0 Å². The van der Waals surface area contributed by atoms with Crippen LogP contribution in [0.25, 0.3) is 0 Å². The predicted molar refractivity (Wildman–Crippen MR) is 54.5 cm³/mol. The summed E-state index contributed by atoms with van der Waals surface area (Å²) in [6, 6.07) is 12.5. The monoisotopic (exact) mass is 170 g/mol. The summed E-state index contributed by atoms with van der Waals surface area (Å²) in [6.07, 6.45) is 2.89. The summed E-state index contributed by atoms with van der Waals surface area (Å²) < 4.78 is 0. The van der Waals surface area contributed by atoms with Crippen LogP contribution in [0.4, 0.5) is 0 Å². The Kier molecular flexibility index (Phi) is 2.17. The molecule has 1 aromatic carbocycles. The molecule has 0 aliphatic rings. The van der Waals surface area contributed by atoms with E-state index in [1.165, 1.54) is 11.1 Å². The molecule has 0 bridgehead atoms. The van der Waals surface area contributed by atoms with Gasteiger partial charge in [0.15, 0.2) is 0 Å². The van der Waals surface area contributed by atoms with E-state index >= 15 is 0 Å². The van der Waals surface area contributed by atoms with Gasteiger partial charge in [0.1, 0.15) is 0 Å². The highest BCUT2D eigenvalue weighted by Gasteiger charge is 1.99. The smallest absolute Gasteiger partial charge is 0.0186 e. The Morgan fingerprint density at radius 2 is 1.85 bits per heavy atom. The van der Waals surface area contributed by atoms with Crippen molar-refractivity contribution in [2.24, 2.45) is 0 Å². The molecule has 0 aliphatic carbocycles. The normalized spacial score (nSPS) is 10.2. The second-order valence-corrected chi connectivity index (χ2v) is 3.14. The van der Waals surface area contributed by atoms with E-state index in [0.29, 0.717) is 0 Å². The minimum Gasteiger partial charge on any atom is -0.365 e. The van der Waals surface area contributed by atoms with Crippen molar-refractivity contribution in [1.82, 2.24) is 4.98 Å². The highest BCUT2D eigenvalue weighted by molar-refractivity contribution is 5.30. The zero-order valence-electron chi connectivity index (χ0n) is 7.46. The van der Waals surface area contributed by atoms with E-state index in [-0.39, 0.29) is 0 Å². The lowest BCUT2D eigenvalue weighted by Crippen LogP contribution is -1.87. The maximum Gasteiger partial charge on any atom is 0.0186 e. The number of H-pyrrole nitrogens is 1. The zero-order valence-corrected chi connectivity index (χ0v) is 7.46. The fourth-order valence-corrected chi connectivity index (χ4v) is 1.42. The lowest BCUT2D eigenvalue weighted by atomic mass is 10.1. The summed E-state index contributed by atoms with van der Waals surface area (Å²) in [5.41, 5.74) is 3.61. The van der Waals surface area contributed by atoms with Crippen LogP contribution in [-0.4, -0.2) is 4.98 Å². The highest BCUT2D eigenvalue weighted by Crippen LogP contribution is 2.11. The van der Waals surface area contributed by atoms with Crippen LogP contribution in [-0.2, 0) is 6.42 Å². The van der Waals surface area contributed by atoms with E-state index in [2.05, 4.69) is 42.2 Å². The number of hydrogen-bond donors (Lipinski definition) is 1. The minimum absolute atomic E-state index is 0.961. The lowest BCUT2D eigenvalue weighted by Gasteiger charge is -1.99. The van der Waals surface area contributed by atoms with Crippen LogP contribution in [0.3, 0.4) is 0 Å². The van der Waals surface area contributed by atoms with E-state index in [1.54, 1.807) is 0 Å². The molecule has 1 N–H and O–H groups in total. The SMILES string of the molecule is [CH2]c1[nH]ccc1Cc1ccccc1. The maximum absolute atomic E-state index is 3.92. The molecule has 0 aliphatic heterocycles. The van der Waals surface area contributed by atoms with Crippen LogP contribution in [0.1, 0.15) is 16.8 Å². The van der Waals surface area contributed by atoms with Crippen molar-refractivity contribution in [3.63, 3.8) is 0 Å². The number of benzene rings is 1. The third kappa shape index (κ3) is 1.81. The Labute approximate surface area is 78.4 Å². The summed E-state index contributed by atoms with van der Waals surface area (Å²) in [5, 5.41) is 0. The van der Waals surface area contributed by atoms with Crippen LogP contribution >= 0.6 is 0 Å². The first kappa shape index (κ1) is 8.11. The lowest BCUT2D eigenvalue weighted by molar-refractivity contribution is 1.17. The molecule has 65 valence electrons. The van der Waals surface area contributed by atoms with Crippen LogP contribution < -0.4 is 0 Å². The molecule has 0 spiro atoms. The molecule has 0 fully saturated rings. The van der Waals surface area contributed by atoms with Gasteiger partial charge >= 0.3 is 0 Å². The van der Waals surface area contributed by atoms with Gasteiger partial charge in [0.2, 0.25) is 0 Å². The fraction of sp³-hybridized carbons (Fsp3) is 0.0833. The standard InChI is InChI=1S/C12H12N/c1-10-12(7-8-13-10)9-11-5-3-2-4-6-11/h2-8,13H,1,9H2. The first-order valence-electron chi connectivity index (χ1n) is 4.38. The number of hydrogen-bond acceptors (Lipinski definition) is 0. The van der Waals surface area contributed by atoms with Crippen molar-refractivity contribution in [3.8, 4) is 0 Å². The van der Waals surface area contributed by atoms with E-state index in [0.717, 1.165) is 12.1 Å². The van der Waals surface area contributed by atoms with Gasteiger partial charge in [-0.2, -0.15) is 0 Å². The first-order chi connectivity index (χ1) is 6.36. The van der Waals surface area contributed by atoms with Crippen LogP contribution in [0.5, 0.6) is 0 Å². The third-order valence-electron chi connectivity index (χ3n) is 2.17. The summed E-state index contributed by atoms with van der Waals surface area (Å²) in [7, 11) is 0. The number of nitrogens with one attached hydrogen (secondary N) is 1. The predicted octanol–water partition coefficient (Wildman–Crippen LogP) is 2.79. The molecule has 1 nitrogen and oxygen atoms in total. The number of aromatic nitrogens is 1. The topological polar surface area (TPSA) is 15.8 Å². The summed E-state index contributed by atoms with van der Waals surface area (Å²) >= 11 is 0. The maximum atomic E-state index is 3.92. The second-order valence-electron chi connectivity index (χ2n) is 3.14. The molecular weight excluding hydrogens is 158 g/mol. The molecule has 0 atom stereocenters. The number of aromatic amines is 1. The van der Waals surface area contributed by atoms with Gasteiger partial charge in [-0.3, -0.25) is 0 Å². The molecule has 1 heterocycles. The Morgan fingerprint density at radius 3 is 2.46 bits per heavy atom. The molecule has 0 amide bonds. The Morgan fingerprint density at radius 1 is 1.08 bits per heavy atom. The zero-order chi connectivity index (χ0) is 9.10. The molecular formula is C12H12N. The van der Waals surface area contributed by atoms with Crippen LogP contribution in [0.2, 0.25) is 0 Å². The van der Waals surface area contributed by atoms with Gasteiger partial charge in [-0.15, -0.1) is 0 Å². The number of rotatable bonds is 2. The molecule has 1 heteroatoms. The Bertz CT molecular complexity index is 373. The van der Waals surface area contributed by atoms with Gasteiger partial charge in [-0.05, 0) is 30.5 Å². The molecule has 1 radical (unpaired) electrons. The molecule has 0 unspecified atom stereocenters. The van der Waals surface area contributed by atoms with Crippen molar-refractivity contribution in [3.05, 3.63) is 66.3 Å². The molecule has 13 heavy (non-hydrogen) atoms. The van der Waals surface area contributed by atoms with Gasteiger partial charge in [-0.1, -0.05) is 30.3 Å². The van der Waals surface area contributed by atoms with Crippen molar-refractivity contribution in [1.29, 1.82) is 0 Å². The van der Waals surface area contributed by atoms with Gasteiger partial charge in [0.05, 0.1) is 0 Å². The van der Waals surface area contributed by atoms with Gasteiger partial charge in [0, 0.05) is 11.9 Å². The van der Waals surface area contributed by atoms with E-state index in [4.69, 9.17) is 0 Å². The summed E-state index contributed by atoms with van der Waals surface area (Å²) in [6.45, 7) is 3.92. The van der Waals surface area contributed by atoms with Crippen molar-refractivity contribution in [2.45, 2.75) is 6.42 Å². The average Bonchev–Trinajstić information content (AvgIpc) is 2.54. The molecule has 2 rings (SSSR count). The molecule has 2 aromatic rings. The summed E-state index contributed by atoms with van der Waals surface area (Å²) in [5.74, 6) is 0. The first-order valence-corrected chi connectivity index (χ1v) is 4.38.